The molecule has 0 saturated heterocycles. The van der Waals surface area contributed by atoms with E-state index in [1.807, 2.05) is 39.8 Å². The van der Waals surface area contributed by atoms with E-state index < -0.39 is 5.97 Å². The van der Waals surface area contributed by atoms with Crippen molar-refractivity contribution < 1.29 is 18.7 Å². The summed E-state index contributed by atoms with van der Waals surface area (Å²) < 4.78 is 10.5. The van der Waals surface area contributed by atoms with Gasteiger partial charge in [-0.15, -0.1) is 0 Å². The standard InChI is InChI=1S/C18H23NO4/c1-5-13(4)19-17(20)10-23-18(21)8-14-9-22-16-7-12(3)11(2)6-15(14)16/h6-7,9,13H,5,8,10H2,1-4H3,(H,19,20)/t13-/m0/s1. The molecular weight excluding hydrogens is 294 g/mol. The van der Waals surface area contributed by atoms with Crippen LogP contribution in [-0.2, 0) is 20.7 Å². The number of amides is 1. The Morgan fingerprint density at radius 3 is 2.65 bits per heavy atom. The van der Waals surface area contributed by atoms with E-state index in [1.165, 1.54) is 0 Å². The highest BCUT2D eigenvalue weighted by Crippen LogP contribution is 2.25. The molecule has 0 radical (unpaired) electrons. The quantitative estimate of drug-likeness (QED) is 0.831. The van der Waals surface area contributed by atoms with Gasteiger partial charge >= 0.3 is 5.97 Å². The normalized spacial score (nSPS) is 12.2. The molecule has 5 heteroatoms. The Morgan fingerprint density at radius 1 is 1.26 bits per heavy atom. The molecule has 0 bridgehead atoms. The fraction of sp³-hybridized carbons (Fsp3) is 0.444. The summed E-state index contributed by atoms with van der Waals surface area (Å²) in [5.41, 5.74) is 3.81. The molecule has 0 unspecified atom stereocenters. The average Bonchev–Trinajstić information content (AvgIpc) is 2.87. The van der Waals surface area contributed by atoms with Gasteiger partial charge in [0.15, 0.2) is 6.61 Å². The van der Waals surface area contributed by atoms with Crippen LogP contribution in [0.15, 0.2) is 22.8 Å². The smallest absolute Gasteiger partial charge is 0.310 e. The van der Waals surface area contributed by atoms with E-state index in [1.54, 1.807) is 6.26 Å². The number of hydrogen-bond acceptors (Lipinski definition) is 4. The molecule has 1 aromatic heterocycles. The number of ether oxygens (including phenoxy) is 1. The molecule has 1 amide bonds. The van der Waals surface area contributed by atoms with Gasteiger partial charge in [-0.2, -0.15) is 0 Å². The first kappa shape index (κ1) is 17.1. The minimum Gasteiger partial charge on any atom is -0.464 e. The third kappa shape index (κ3) is 4.34. The Bertz CT molecular complexity index is 717. The van der Waals surface area contributed by atoms with E-state index in [4.69, 9.17) is 9.15 Å². The lowest BCUT2D eigenvalue weighted by Crippen LogP contribution is -2.35. The Labute approximate surface area is 136 Å². The van der Waals surface area contributed by atoms with Crippen molar-refractivity contribution in [2.45, 2.75) is 46.6 Å². The second-order valence-corrected chi connectivity index (χ2v) is 5.91. The number of hydrogen-bond donors (Lipinski definition) is 1. The summed E-state index contributed by atoms with van der Waals surface area (Å²) in [4.78, 5) is 23.5. The molecule has 1 N–H and O–H groups in total. The maximum Gasteiger partial charge on any atom is 0.310 e. The van der Waals surface area contributed by atoms with Gasteiger partial charge in [-0.3, -0.25) is 9.59 Å². The van der Waals surface area contributed by atoms with E-state index in [9.17, 15) is 9.59 Å². The SMILES string of the molecule is CC[C@H](C)NC(=O)COC(=O)Cc1coc2cc(C)c(C)cc12. The molecule has 0 aliphatic carbocycles. The van der Waals surface area contributed by atoms with E-state index in [-0.39, 0.29) is 25.0 Å². The molecule has 1 heterocycles. The van der Waals surface area contributed by atoms with Gasteiger partial charge in [0, 0.05) is 17.0 Å². The van der Waals surface area contributed by atoms with Crippen molar-refractivity contribution in [3.05, 3.63) is 35.1 Å². The zero-order valence-electron chi connectivity index (χ0n) is 14.1. The first-order chi connectivity index (χ1) is 10.9. The Balaban J connectivity index is 1.96. The lowest BCUT2D eigenvalue weighted by Gasteiger charge is -2.11. The maximum absolute atomic E-state index is 11.9. The van der Waals surface area contributed by atoms with Crippen LogP contribution in [0.25, 0.3) is 11.0 Å². The topological polar surface area (TPSA) is 68.5 Å². The number of fused-ring (bicyclic) bond motifs is 1. The van der Waals surface area contributed by atoms with E-state index in [2.05, 4.69) is 5.32 Å². The van der Waals surface area contributed by atoms with E-state index in [0.717, 1.165) is 34.1 Å². The number of carbonyl (C=O) groups is 2. The van der Waals surface area contributed by atoms with Crippen molar-refractivity contribution in [1.82, 2.24) is 5.32 Å². The molecule has 5 nitrogen and oxygen atoms in total. The molecule has 124 valence electrons. The zero-order valence-corrected chi connectivity index (χ0v) is 14.1. The number of carbonyl (C=O) groups excluding carboxylic acids is 2. The van der Waals surface area contributed by atoms with Crippen LogP contribution in [0.4, 0.5) is 0 Å². The van der Waals surface area contributed by atoms with Crippen LogP contribution in [0.5, 0.6) is 0 Å². The molecular formula is C18H23NO4. The summed E-state index contributed by atoms with van der Waals surface area (Å²) >= 11 is 0. The van der Waals surface area contributed by atoms with E-state index in [0.29, 0.717) is 0 Å². The van der Waals surface area contributed by atoms with Crippen LogP contribution in [0.2, 0.25) is 0 Å². The van der Waals surface area contributed by atoms with Gasteiger partial charge in [0.25, 0.3) is 5.91 Å². The third-order valence-electron chi connectivity index (χ3n) is 3.99. The van der Waals surface area contributed by atoms with Gasteiger partial charge in [0.1, 0.15) is 5.58 Å². The fourth-order valence-corrected chi connectivity index (χ4v) is 2.24. The van der Waals surface area contributed by atoms with Crippen molar-refractivity contribution in [1.29, 1.82) is 0 Å². The summed E-state index contributed by atoms with van der Waals surface area (Å²) in [6.45, 7) is 7.66. The van der Waals surface area contributed by atoms with Gasteiger partial charge in [-0.1, -0.05) is 6.92 Å². The van der Waals surface area contributed by atoms with Gasteiger partial charge in [0.05, 0.1) is 12.7 Å². The molecule has 0 aliphatic heterocycles. The highest BCUT2D eigenvalue weighted by atomic mass is 16.5. The van der Waals surface area contributed by atoms with Crippen LogP contribution in [0, 0.1) is 13.8 Å². The second kappa shape index (κ2) is 7.31. The van der Waals surface area contributed by atoms with Crippen molar-refractivity contribution in [2.75, 3.05) is 6.61 Å². The Kier molecular flexibility index (Phi) is 5.42. The van der Waals surface area contributed by atoms with Gasteiger partial charge in [-0.25, -0.2) is 0 Å². The number of aryl methyl sites for hydroxylation is 2. The molecule has 2 aromatic rings. The van der Waals surface area contributed by atoms with Crippen molar-refractivity contribution in [3.8, 4) is 0 Å². The molecule has 0 saturated carbocycles. The van der Waals surface area contributed by atoms with Gasteiger partial charge in [0.2, 0.25) is 0 Å². The summed E-state index contributed by atoms with van der Waals surface area (Å²) in [6, 6.07) is 4.04. The van der Waals surface area contributed by atoms with Crippen molar-refractivity contribution >= 4 is 22.8 Å². The lowest BCUT2D eigenvalue weighted by molar-refractivity contribution is -0.148. The third-order valence-corrected chi connectivity index (χ3v) is 3.99. The number of esters is 1. The lowest BCUT2D eigenvalue weighted by atomic mass is 10.0. The number of benzene rings is 1. The number of nitrogens with one attached hydrogen (secondary N) is 1. The molecule has 0 spiro atoms. The first-order valence-corrected chi connectivity index (χ1v) is 7.83. The van der Waals surface area contributed by atoms with E-state index >= 15 is 0 Å². The van der Waals surface area contributed by atoms with Crippen molar-refractivity contribution in [3.63, 3.8) is 0 Å². The van der Waals surface area contributed by atoms with Crippen LogP contribution in [0.3, 0.4) is 0 Å². The largest absolute Gasteiger partial charge is 0.464 e. The number of rotatable bonds is 6. The number of furan rings is 1. The maximum atomic E-state index is 11.9. The Morgan fingerprint density at radius 2 is 1.96 bits per heavy atom. The van der Waals surface area contributed by atoms with Crippen LogP contribution in [-0.4, -0.2) is 24.5 Å². The minimum absolute atomic E-state index is 0.0743. The van der Waals surface area contributed by atoms with Gasteiger partial charge < -0.3 is 14.5 Å². The fourth-order valence-electron chi connectivity index (χ4n) is 2.24. The Hall–Kier alpha value is -2.30. The average molecular weight is 317 g/mol. The second-order valence-electron chi connectivity index (χ2n) is 5.91. The monoisotopic (exact) mass is 317 g/mol. The van der Waals surface area contributed by atoms with Gasteiger partial charge in [-0.05, 0) is 50.5 Å². The molecule has 0 fully saturated rings. The first-order valence-electron chi connectivity index (χ1n) is 7.83. The molecule has 2 rings (SSSR count). The summed E-state index contributed by atoms with van der Waals surface area (Å²) in [7, 11) is 0. The van der Waals surface area contributed by atoms with Crippen molar-refractivity contribution in [2.24, 2.45) is 0 Å². The summed E-state index contributed by atoms with van der Waals surface area (Å²) in [5, 5.41) is 3.66. The predicted molar refractivity (Wildman–Crippen MR) is 88.2 cm³/mol. The highest BCUT2D eigenvalue weighted by molar-refractivity contribution is 5.87. The molecule has 0 aliphatic rings. The summed E-state index contributed by atoms with van der Waals surface area (Å²) in [6.07, 6.45) is 2.50. The minimum atomic E-state index is -0.440. The predicted octanol–water partition coefficient (Wildman–Crippen LogP) is 3.05. The summed E-state index contributed by atoms with van der Waals surface area (Å²) in [5.74, 6) is -0.721. The van der Waals surface area contributed by atoms with Crippen LogP contribution < -0.4 is 5.32 Å². The molecule has 1 atom stereocenters. The van der Waals surface area contributed by atoms with Crippen LogP contribution >= 0.6 is 0 Å². The molecule has 23 heavy (non-hydrogen) atoms. The highest BCUT2D eigenvalue weighted by Gasteiger charge is 2.14. The molecule has 1 aromatic carbocycles. The zero-order chi connectivity index (χ0) is 17.0. The van der Waals surface area contributed by atoms with Crippen LogP contribution in [0.1, 0.15) is 37.0 Å².